The molecule has 7 nitrogen and oxygen atoms in total. The van der Waals surface area contributed by atoms with E-state index in [9.17, 15) is 9.59 Å². The third-order valence-corrected chi connectivity index (χ3v) is 4.74. The van der Waals surface area contributed by atoms with Gasteiger partial charge in [-0.1, -0.05) is 17.3 Å². The molecular weight excluding hydrogens is 346 g/mol. The average molecular weight is 371 g/mol. The minimum Gasteiger partial charge on any atom is -0.378 e. The van der Waals surface area contributed by atoms with E-state index in [1.54, 1.807) is 0 Å². The van der Waals surface area contributed by atoms with Crippen LogP contribution in [0.2, 0.25) is 0 Å². The van der Waals surface area contributed by atoms with E-state index in [0.29, 0.717) is 45.6 Å². The summed E-state index contributed by atoms with van der Waals surface area (Å²) in [6, 6.07) is 7.41. The molecule has 1 aliphatic rings. The molecule has 0 radical (unpaired) electrons. The first-order valence-corrected chi connectivity index (χ1v) is 9.19. The van der Waals surface area contributed by atoms with Crippen molar-refractivity contribution < 1.29 is 18.8 Å². The third-order valence-electron chi connectivity index (χ3n) is 4.74. The van der Waals surface area contributed by atoms with Crippen LogP contribution in [-0.2, 0) is 27.2 Å². The van der Waals surface area contributed by atoms with Gasteiger partial charge in [0.05, 0.1) is 25.3 Å². The number of morpholine rings is 1. The number of aryl methyl sites for hydroxylation is 2. The maximum absolute atomic E-state index is 12.3. The first-order valence-electron chi connectivity index (χ1n) is 9.19. The number of benzene rings is 1. The highest BCUT2D eigenvalue weighted by Gasteiger charge is 2.17. The average Bonchev–Trinajstić information content (AvgIpc) is 3.00. The van der Waals surface area contributed by atoms with Gasteiger partial charge in [-0.05, 0) is 38.0 Å². The van der Waals surface area contributed by atoms with Gasteiger partial charge in [0.15, 0.2) is 0 Å². The number of hydrogen-bond acceptors (Lipinski definition) is 5. The molecule has 0 aliphatic carbocycles. The molecule has 0 unspecified atom stereocenters. The number of nitrogens with zero attached hydrogens (tertiary/aromatic N) is 2. The van der Waals surface area contributed by atoms with Crippen molar-refractivity contribution in [3.63, 3.8) is 0 Å². The highest BCUT2D eigenvalue weighted by molar-refractivity contribution is 5.91. The molecule has 1 saturated heterocycles. The Morgan fingerprint density at radius 2 is 1.85 bits per heavy atom. The van der Waals surface area contributed by atoms with Gasteiger partial charge in [0.1, 0.15) is 5.76 Å². The lowest BCUT2D eigenvalue weighted by atomic mass is 10.1. The molecule has 1 fully saturated rings. The molecule has 2 heterocycles. The smallest absolute Gasteiger partial charge is 0.227 e. The highest BCUT2D eigenvalue weighted by atomic mass is 16.5. The molecule has 1 aromatic heterocycles. The van der Waals surface area contributed by atoms with E-state index in [0.717, 1.165) is 28.3 Å². The topological polar surface area (TPSA) is 84.7 Å². The number of rotatable bonds is 6. The van der Waals surface area contributed by atoms with Crippen LogP contribution >= 0.6 is 0 Å². The summed E-state index contributed by atoms with van der Waals surface area (Å²) in [5.41, 5.74) is 3.47. The van der Waals surface area contributed by atoms with E-state index >= 15 is 0 Å². The van der Waals surface area contributed by atoms with E-state index in [4.69, 9.17) is 9.26 Å². The fourth-order valence-electron chi connectivity index (χ4n) is 3.13. The van der Waals surface area contributed by atoms with Crippen molar-refractivity contribution in [3.8, 4) is 0 Å². The zero-order valence-electron chi connectivity index (χ0n) is 15.8. The predicted molar refractivity (Wildman–Crippen MR) is 100 cm³/mol. The molecule has 7 heteroatoms. The Kier molecular flexibility index (Phi) is 6.24. The van der Waals surface area contributed by atoms with Gasteiger partial charge in [-0.2, -0.15) is 0 Å². The summed E-state index contributed by atoms with van der Waals surface area (Å²) in [6.45, 7) is 6.23. The van der Waals surface area contributed by atoms with Crippen LogP contribution in [0.25, 0.3) is 0 Å². The number of carbonyl (C=O) groups is 2. The van der Waals surface area contributed by atoms with Crippen molar-refractivity contribution in [2.75, 3.05) is 31.6 Å². The molecule has 3 rings (SSSR count). The third kappa shape index (κ3) is 5.17. The van der Waals surface area contributed by atoms with Crippen LogP contribution in [0, 0.1) is 13.8 Å². The van der Waals surface area contributed by atoms with Gasteiger partial charge in [0.2, 0.25) is 11.8 Å². The van der Waals surface area contributed by atoms with E-state index < -0.39 is 0 Å². The molecule has 1 aliphatic heterocycles. The predicted octanol–water partition coefficient (Wildman–Crippen LogP) is 2.26. The SMILES string of the molecule is Cc1noc(C)c1CCC(=O)Nc1ccc(CC(=O)N2CCOCC2)cc1. The lowest BCUT2D eigenvalue weighted by Gasteiger charge is -2.26. The number of nitrogens with one attached hydrogen (secondary N) is 1. The van der Waals surface area contributed by atoms with Crippen molar-refractivity contribution in [2.24, 2.45) is 0 Å². The number of hydrogen-bond donors (Lipinski definition) is 1. The van der Waals surface area contributed by atoms with Crippen molar-refractivity contribution >= 4 is 17.5 Å². The van der Waals surface area contributed by atoms with Crippen LogP contribution in [0.3, 0.4) is 0 Å². The molecule has 2 amide bonds. The van der Waals surface area contributed by atoms with Crippen LogP contribution < -0.4 is 5.32 Å². The minimum atomic E-state index is -0.0628. The standard InChI is InChI=1S/C20H25N3O4/c1-14-18(15(2)27-22-14)7-8-19(24)21-17-5-3-16(4-6-17)13-20(25)23-9-11-26-12-10-23/h3-6H,7-13H2,1-2H3,(H,21,24). The molecule has 0 spiro atoms. The minimum absolute atomic E-state index is 0.0628. The Hall–Kier alpha value is -2.67. The zero-order valence-corrected chi connectivity index (χ0v) is 15.8. The van der Waals surface area contributed by atoms with Crippen LogP contribution in [-0.4, -0.2) is 48.2 Å². The number of anilines is 1. The molecular formula is C20H25N3O4. The van der Waals surface area contributed by atoms with Crippen molar-refractivity contribution in [3.05, 3.63) is 46.8 Å². The van der Waals surface area contributed by atoms with Crippen molar-refractivity contribution in [1.29, 1.82) is 0 Å². The second kappa shape index (κ2) is 8.81. The van der Waals surface area contributed by atoms with Gasteiger partial charge in [-0.25, -0.2) is 0 Å². The van der Waals surface area contributed by atoms with Gasteiger partial charge in [-0.15, -0.1) is 0 Å². The van der Waals surface area contributed by atoms with E-state index in [2.05, 4.69) is 10.5 Å². The Bertz CT molecular complexity index is 773. The number of carbonyl (C=O) groups excluding carboxylic acids is 2. The van der Waals surface area contributed by atoms with Crippen molar-refractivity contribution in [1.82, 2.24) is 10.1 Å². The van der Waals surface area contributed by atoms with Gasteiger partial charge in [0, 0.05) is 30.8 Å². The molecule has 144 valence electrons. The largest absolute Gasteiger partial charge is 0.378 e. The zero-order chi connectivity index (χ0) is 19.2. The molecule has 0 saturated carbocycles. The first-order chi connectivity index (χ1) is 13.0. The molecule has 0 atom stereocenters. The van der Waals surface area contributed by atoms with Gasteiger partial charge in [-0.3, -0.25) is 9.59 Å². The van der Waals surface area contributed by atoms with Crippen LogP contribution in [0.15, 0.2) is 28.8 Å². The van der Waals surface area contributed by atoms with E-state index in [-0.39, 0.29) is 11.8 Å². The molecule has 27 heavy (non-hydrogen) atoms. The Morgan fingerprint density at radius 3 is 2.48 bits per heavy atom. The lowest BCUT2D eigenvalue weighted by molar-refractivity contribution is -0.134. The summed E-state index contributed by atoms with van der Waals surface area (Å²) in [5.74, 6) is 0.802. The second-order valence-corrected chi connectivity index (χ2v) is 6.72. The summed E-state index contributed by atoms with van der Waals surface area (Å²) in [7, 11) is 0. The summed E-state index contributed by atoms with van der Waals surface area (Å²) >= 11 is 0. The molecule has 2 aromatic rings. The summed E-state index contributed by atoms with van der Waals surface area (Å²) < 4.78 is 10.4. The summed E-state index contributed by atoms with van der Waals surface area (Å²) in [5, 5.41) is 6.79. The van der Waals surface area contributed by atoms with E-state index in [1.807, 2.05) is 43.0 Å². The Labute approximate surface area is 158 Å². The van der Waals surface area contributed by atoms with Crippen LogP contribution in [0.4, 0.5) is 5.69 Å². The Morgan fingerprint density at radius 1 is 1.15 bits per heavy atom. The highest BCUT2D eigenvalue weighted by Crippen LogP contribution is 2.16. The maximum atomic E-state index is 12.3. The number of ether oxygens (including phenoxy) is 1. The Balaban J connectivity index is 1.48. The fraction of sp³-hybridized carbons (Fsp3) is 0.450. The second-order valence-electron chi connectivity index (χ2n) is 6.72. The summed E-state index contributed by atoms with van der Waals surface area (Å²) in [6.07, 6.45) is 1.32. The molecule has 1 N–H and O–H groups in total. The van der Waals surface area contributed by atoms with Crippen molar-refractivity contribution in [2.45, 2.75) is 33.1 Å². The fourth-order valence-corrected chi connectivity index (χ4v) is 3.13. The molecule has 1 aromatic carbocycles. The van der Waals surface area contributed by atoms with E-state index in [1.165, 1.54) is 0 Å². The maximum Gasteiger partial charge on any atom is 0.227 e. The van der Waals surface area contributed by atoms with Crippen LogP contribution in [0.5, 0.6) is 0 Å². The first kappa shape index (κ1) is 19.1. The molecule has 0 bridgehead atoms. The van der Waals surface area contributed by atoms with Gasteiger partial charge < -0.3 is 19.5 Å². The van der Waals surface area contributed by atoms with Crippen LogP contribution in [0.1, 0.15) is 29.0 Å². The summed E-state index contributed by atoms with van der Waals surface area (Å²) in [4.78, 5) is 26.3. The number of amides is 2. The monoisotopic (exact) mass is 371 g/mol. The quantitative estimate of drug-likeness (QED) is 0.842. The van der Waals surface area contributed by atoms with Gasteiger partial charge >= 0.3 is 0 Å². The normalized spacial score (nSPS) is 14.2. The lowest BCUT2D eigenvalue weighted by Crippen LogP contribution is -2.41. The number of aromatic nitrogens is 1. The van der Waals surface area contributed by atoms with Gasteiger partial charge in [0.25, 0.3) is 0 Å².